The number of aryl methyl sites for hydroxylation is 1. The van der Waals surface area contributed by atoms with Crippen molar-refractivity contribution in [3.8, 4) is 11.3 Å². The molecule has 4 aromatic heterocycles. The number of nitrogens with zero attached hydrogens (tertiary/aromatic N) is 6. The van der Waals surface area contributed by atoms with E-state index in [1.165, 1.54) is 15.3 Å². The van der Waals surface area contributed by atoms with Crippen LogP contribution in [-0.4, -0.2) is 68.0 Å². The molecular weight excluding hydrogens is 489 g/mol. The zero-order valence-corrected chi connectivity index (χ0v) is 20.6. The van der Waals surface area contributed by atoms with Crippen LogP contribution in [0.15, 0.2) is 18.3 Å². The van der Waals surface area contributed by atoms with E-state index in [0.29, 0.717) is 30.5 Å². The summed E-state index contributed by atoms with van der Waals surface area (Å²) in [6.07, 6.45) is 2.38. The van der Waals surface area contributed by atoms with E-state index in [2.05, 4.69) is 25.4 Å². The van der Waals surface area contributed by atoms with Crippen molar-refractivity contribution in [1.29, 1.82) is 0 Å². The molecule has 5 rings (SSSR count). The lowest BCUT2D eigenvalue weighted by atomic mass is 9.93. The van der Waals surface area contributed by atoms with Crippen molar-refractivity contribution in [3.63, 3.8) is 0 Å². The van der Waals surface area contributed by atoms with Gasteiger partial charge in [0.05, 0.1) is 43.3 Å². The van der Waals surface area contributed by atoms with Crippen molar-refractivity contribution in [1.82, 2.24) is 29.1 Å². The molecule has 0 unspecified atom stereocenters. The Morgan fingerprint density at radius 3 is 2.65 bits per heavy atom. The van der Waals surface area contributed by atoms with Crippen molar-refractivity contribution in [2.75, 3.05) is 31.4 Å². The van der Waals surface area contributed by atoms with E-state index in [0.717, 1.165) is 25.7 Å². The summed E-state index contributed by atoms with van der Waals surface area (Å²) in [4.78, 5) is 13.1. The van der Waals surface area contributed by atoms with Crippen LogP contribution in [0.25, 0.3) is 27.9 Å². The van der Waals surface area contributed by atoms with Gasteiger partial charge >= 0.3 is 0 Å². The number of hydrogen-bond donors (Lipinski definition) is 2. The van der Waals surface area contributed by atoms with Crippen LogP contribution in [0.1, 0.15) is 31.5 Å². The highest BCUT2D eigenvalue weighted by atomic mass is 19.3. The number of fused-ring (bicyclic) bond motifs is 2. The third-order valence-electron chi connectivity index (χ3n) is 6.62. The number of imidazole rings is 1. The molecule has 1 saturated carbocycles. The Hall–Kier alpha value is -3.45. The Balaban J connectivity index is 1.39. The molecule has 0 aliphatic heterocycles. The van der Waals surface area contributed by atoms with Crippen molar-refractivity contribution < 1.29 is 22.6 Å². The average Bonchev–Trinajstić information content (AvgIpc) is 3.35. The number of nitrogens with two attached hydrogens (primary N) is 1. The van der Waals surface area contributed by atoms with Crippen LogP contribution in [-0.2, 0) is 16.0 Å². The molecule has 0 bridgehead atoms. The first-order valence-electron chi connectivity index (χ1n) is 12.2. The highest BCUT2D eigenvalue weighted by Crippen LogP contribution is 2.32. The Kier molecular flexibility index (Phi) is 7.15. The fourth-order valence-electron chi connectivity index (χ4n) is 4.85. The monoisotopic (exact) mass is 518 g/mol. The molecule has 0 amide bonds. The van der Waals surface area contributed by atoms with Gasteiger partial charge in [-0.25, -0.2) is 27.7 Å². The Labute approximate surface area is 211 Å². The van der Waals surface area contributed by atoms with Gasteiger partial charge in [0.15, 0.2) is 17.3 Å². The van der Waals surface area contributed by atoms with Crippen LogP contribution < -0.4 is 11.1 Å². The van der Waals surface area contributed by atoms with Crippen molar-refractivity contribution in [3.05, 3.63) is 30.0 Å². The maximum Gasteiger partial charge on any atom is 0.256 e. The fraction of sp³-hybridized carbons (Fsp3) is 0.500. The SMILES string of the molecule is COCCOC1CCC(Nc2nc(N)c3c(-c4ccc5nc(C)n(CC(F)F)c5n4)c(F)cn3n2)CC1. The minimum Gasteiger partial charge on any atom is -0.382 e. The molecule has 0 saturated heterocycles. The minimum absolute atomic E-state index is 0.0761. The van der Waals surface area contributed by atoms with Gasteiger partial charge in [0.1, 0.15) is 16.9 Å². The maximum absolute atomic E-state index is 15.2. The number of halogens is 3. The van der Waals surface area contributed by atoms with Gasteiger partial charge in [-0.3, -0.25) is 0 Å². The number of aromatic nitrogens is 6. The standard InChI is InChI=1S/C24H29F3N8O2/c1-13-29-18-8-7-17(31-23(18)34(13)12-19(26)27)20-16(25)11-35-21(20)22(28)32-24(33-35)30-14-3-5-15(6-4-14)37-10-9-36-2/h7-8,11,14-15,19H,3-6,9-10,12H2,1-2H3,(H3,28,30,32,33). The molecule has 3 N–H and O–H groups in total. The third-order valence-corrected chi connectivity index (χ3v) is 6.62. The number of rotatable bonds is 9. The first kappa shape index (κ1) is 25.2. The van der Waals surface area contributed by atoms with Crippen LogP contribution in [0.3, 0.4) is 0 Å². The summed E-state index contributed by atoms with van der Waals surface area (Å²) in [5.74, 6) is 0.170. The van der Waals surface area contributed by atoms with Crippen LogP contribution >= 0.6 is 0 Å². The second-order valence-corrected chi connectivity index (χ2v) is 9.15. The summed E-state index contributed by atoms with van der Waals surface area (Å²) in [7, 11) is 1.65. The lowest BCUT2D eigenvalue weighted by Crippen LogP contribution is -2.31. The summed E-state index contributed by atoms with van der Waals surface area (Å²) in [5.41, 5.74) is 7.53. The average molecular weight is 519 g/mol. The summed E-state index contributed by atoms with van der Waals surface area (Å²) < 4.78 is 54.9. The second kappa shape index (κ2) is 10.5. The normalized spacial score (nSPS) is 18.3. The van der Waals surface area contributed by atoms with Gasteiger partial charge in [-0.1, -0.05) is 0 Å². The van der Waals surface area contributed by atoms with E-state index >= 15 is 4.39 Å². The van der Waals surface area contributed by atoms with Gasteiger partial charge in [0.25, 0.3) is 6.43 Å². The quantitative estimate of drug-likeness (QED) is 0.321. The molecule has 13 heteroatoms. The molecule has 0 aromatic carbocycles. The number of ether oxygens (including phenoxy) is 2. The number of nitrogens with one attached hydrogen (secondary N) is 1. The largest absolute Gasteiger partial charge is 0.382 e. The van der Waals surface area contributed by atoms with Gasteiger partial charge in [-0.15, -0.1) is 5.10 Å². The van der Waals surface area contributed by atoms with Gasteiger partial charge in [0, 0.05) is 13.2 Å². The number of nitrogen functional groups attached to an aromatic ring is 1. The second-order valence-electron chi connectivity index (χ2n) is 9.15. The van der Waals surface area contributed by atoms with Gasteiger partial charge < -0.3 is 25.1 Å². The molecule has 37 heavy (non-hydrogen) atoms. The third kappa shape index (κ3) is 5.18. The number of hydrogen-bond acceptors (Lipinski definition) is 8. The molecule has 1 fully saturated rings. The number of alkyl halides is 2. The lowest BCUT2D eigenvalue weighted by molar-refractivity contribution is -0.00158. The molecule has 4 aromatic rings. The first-order chi connectivity index (χ1) is 17.8. The predicted molar refractivity (Wildman–Crippen MR) is 132 cm³/mol. The van der Waals surface area contributed by atoms with Gasteiger partial charge in [-0.05, 0) is 44.7 Å². The van der Waals surface area contributed by atoms with E-state index in [4.69, 9.17) is 15.2 Å². The summed E-state index contributed by atoms with van der Waals surface area (Å²) in [6.45, 7) is 2.22. The summed E-state index contributed by atoms with van der Waals surface area (Å²) >= 11 is 0. The molecule has 1 aliphatic rings. The molecule has 4 heterocycles. The van der Waals surface area contributed by atoms with E-state index in [1.54, 1.807) is 26.2 Å². The Morgan fingerprint density at radius 2 is 1.92 bits per heavy atom. The fourth-order valence-corrected chi connectivity index (χ4v) is 4.85. The van der Waals surface area contributed by atoms with E-state index in [1.807, 2.05) is 0 Å². The van der Waals surface area contributed by atoms with Crippen LogP contribution in [0.4, 0.5) is 24.9 Å². The van der Waals surface area contributed by atoms with Gasteiger partial charge in [0.2, 0.25) is 5.95 Å². The summed E-state index contributed by atoms with van der Waals surface area (Å²) in [6, 6.07) is 3.35. The molecule has 0 radical (unpaired) electrons. The molecule has 10 nitrogen and oxygen atoms in total. The zero-order valence-electron chi connectivity index (χ0n) is 20.6. The predicted octanol–water partition coefficient (Wildman–Crippen LogP) is 3.82. The van der Waals surface area contributed by atoms with Crippen LogP contribution in [0.2, 0.25) is 0 Å². The highest BCUT2D eigenvalue weighted by Gasteiger charge is 2.24. The van der Waals surface area contributed by atoms with E-state index < -0.39 is 18.8 Å². The highest BCUT2D eigenvalue weighted by molar-refractivity contribution is 5.89. The molecule has 198 valence electrons. The smallest absolute Gasteiger partial charge is 0.256 e. The topological polar surface area (TPSA) is 117 Å². The van der Waals surface area contributed by atoms with Crippen molar-refractivity contribution in [2.24, 2.45) is 0 Å². The van der Waals surface area contributed by atoms with Crippen molar-refractivity contribution >= 4 is 28.4 Å². The Bertz CT molecular complexity index is 1400. The molecule has 0 spiro atoms. The number of methoxy groups -OCH3 is 1. The van der Waals surface area contributed by atoms with E-state index in [-0.39, 0.29) is 40.4 Å². The van der Waals surface area contributed by atoms with Gasteiger partial charge in [-0.2, -0.15) is 4.98 Å². The minimum atomic E-state index is -2.58. The zero-order chi connectivity index (χ0) is 26.1. The Morgan fingerprint density at radius 1 is 1.14 bits per heavy atom. The van der Waals surface area contributed by atoms with Crippen molar-refractivity contribution in [2.45, 2.75) is 57.7 Å². The maximum atomic E-state index is 15.2. The number of anilines is 2. The molecular formula is C24H29F3N8O2. The van der Waals surface area contributed by atoms with Crippen LogP contribution in [0.5, 0.6) is 0 Å². The first-order valence-corrected chi connectivity index (χ1v) is 12.2. The number of pyridine rings is 1. The summed E-state index contributed by atoms with van der Waals surface area (Å²) in [5, 5.41) is 7.72. The van der Waals surface area contributed by atoms with Crippen LogP contribution in [0, 0.1) is 12.7 Å². The van der Waals surface area contributed by atoms with E-state index in [9.17, 15) is 8.78 Å². The molecule has 1 aliphatic carbocycles. The molecule has 0 atom stereocenters. The lowest BCUT2D eigenvalue weighted by Gasteiger charge is -2.29.